The molecule has 0 aliphatic heterocycles. The molecule has 124 valence electrons. The molecule has 1 N–H and O–H groups in total. The lowest BCUT2D eigenvalue weighted by Gasteiger charge is -2.23. The van der Waals surface area contributed by atoms with E-state index in [1.54, 1.807) is 6.20 Å². The largest absolute Gasteiger partial charge is 0.350 e. The number of rotatable bonds is 5. The molecule has 0 radical (unpaired) electrons. The van der Waals surface area contributed by atoms with Crippen molar-refractivity contribution >= 4 is 5.91 Å². The van der Waals surface area contributed by atoms with Crippen LogP contribution in [0.4, 0.5) is 0 Å². The van der Waals surface area contributed by atoms with Gasteiger partial charge in [-0.1, -0.05) is 19.9 Å². The zero-order valence-electron chi connectivity index (χ0n) is 14.6. The zero-order chi connectivity index (χ0) is 17.0. The Bertz CT molecular complexity index is 653. The average Bonchev–Trinajstić information content (AvgIpc) is 2.94. The van der Waals surface area contributed by atoms with Crippen molar-refractivity contribution in [3.8, 4) is 0 Å². The quantitative estimate of drug-likeness (QED) is 0.922. The van der Waals surface area contributed by atoms with Crippen LogP contribution < -0.4 is 5.32 Å². The Labute approximate surface area is 138 Å². The van der Waals surface area contributed by atoms with Gasteiger partial charge in [0.25, 0.3) is 5.91 Å². The van der Waals surface area contributed by atoms with Crippen LogP contribution in [0.5, 0.6) is 0 Å². The van der Waals surface area contributed by atoms with E-state index in [2.05, 4.69) is 50.0 Å². The molecular weight excluding hydrogens is 288 g/mol. The predicted octanol–water partition coefficient (Wildman–Crippen LogP) is 3.13. The highest BCUT2D eigenvalue weighted by molar-refractivity contribution is 5.92. The molecule has 0 aromatic carbocycles. The third-order valence-corrected chi connectivity index (χ3v) is 3.62. The Kier molecular flexibility index (Phi) is 5.19. The van der Waals surface area contributed by atoms with Crippen LogP contribution in [0.3, 0.4) is 0 Å². The molecule has 0 aliphatic rings. The summed E-state index contributed by atoms with van der Waals surface area (Å²) in [7, 11) is 0. The van der Waals surface area contributed by atoms with Crippen molar-refractivity contribution in [2.45, 2.75) is 52.5 Å². The van der Waals surface area contributed by atoms with Gasteiger partial charge < -0.3 is 5.32 Å². The number of hydrogen-bond acceptors (Lipinski definition) is 3. The van der Waals surface area contributed by atoms with E-state index in [9.17, 15) is 4.79 Å². The molecule has 0 unspecified atom stereocenters. The Morgan fingerprint density at radius 1 is 1.35 bits per heavy atom. The van der Waals surface area contributed by atoms with Gasteiger partial charge in [0.1, 0.15) is 5.69 Å². The fourth-order valence-corrected chi connectivity index (χ4v) is 2.41. The number of nitrogens with one attached hydrogen (secondary N) is 1. The zero-order valence-corrected chi connectivity index (χ0v) is 14.6. The lowest BCUT2D eigenvalue weighted by molar-refractivity contribution is 0.0947. The minimum absolute atomic E-state index is 0.126. The van der Waals surface area contributed by atoms with Crippen LogP contribution in [-0.4, -0.2) is 27.2 Å². The van der Waals surface area contributed by atoms with Crippen LogP contribution >= 0.6 is 0 Å². The molecule has 0 bridgehead atoms. The van der Waals surface area contributed by atoms with Gasteiger partial charge in [0.15, 0.2) is 0 Å². The Balaban J connectivity index is 2.05. The van der Waals surface area contributed by atoms with Crippen LogP contribution in [0, 0.1) is 0 Å². The predicted molar refractivity (Wildman–Crippen MR) is 91.6 cm³/mol. The van der Waals surface area contributed by atoms with Crippen LogP contribution in [0.1, 0.15) is 62.3 Å². The number of carbonyl (C=O) groups excluding carboxylic acids is 1. The monoisotopic (exact) mass is 314 g/mol. The summed E-state index contributed by atoms with van der Waals surface area (Å²) < 4.78 is 1.95. The molecule has 2 heterocycles. The van der Waals surface area contributed by atoms with Gasteiger partial charge >= 0.3 is 0 Å². The van der Waals surface area contributed by atoms with Gasteiger partial charge in [0.2, 0.25) is 0 Å². The Morgan fingerprint density at radius 2 is 2.09 bits per heavy atom. The first kappa shape index (κ1) is 17.2. The maximum absolute atomic E-state index is 12.3. The van der Waals surface area contributed by atoms with Gasteiger partial charge in [-0.25, -0.2) is 0 Å². The third-order valence-electron chi connectivity index (χ3n) is 3.62. The number of carbonyl (C=O) groups is 1. The van der Waals surface area contributed by atoms with Gasteiger partial charge in [-0.2, -0.15) is 5.10 Å². The van der Waals surface area contributed by atoms with E-state index < -0.39 is 0 Å². The molecule has 0 fully saturated rings. The number of hydrogen-bond donors (Lipinski definition) is 1. The molecule has 2 aromatic heterocycles. The first-order valence-corrected chi connectivity index (χ1v) is 8.06. The molecule has 2 aromatic rings. The van der Waals surface area contributed by atoms with Gasteiger partial charge in [0.05, 0.1) is 5.54 Å². The molecule has 0 aliphatic carbocycles. The van der Waals surface area contributed by atoms with Crippen molar-refractivity contribution in [3.05, 3.63) is 47.5 Å². The van der Waals surface area contributed by atoms with Crippen LogP contribution in [0.2, 0.25) is 0 Å². The SMILES string of the molecule is CC(C)c1cc(C(=O)NCCc2cccnc2)nn1C(C)(C)C. The summed E-state index contributed by atoms with van der Waals surface area (Å²) in [6.07, 6.45) is 4.32. The Hall–Kier alpha value is -2.17. The second-order valence-corrected chi connectivity index (χ2v) is 7.06. The molecular formula is C18H26N4O. The van der Waals surface area contributed by atoms with E-state index in [4.69, 9.17) is 0 Å². The smallest absolute Gasteiger partial charge is 0.271 e. The molecule has 0 saturated heterocycles. The molecule has 5 heteroatoms. The standard InChI is InChI=1S/C18H26N4O/c1-13(2)16-11-15(21-22(16)18(3,4)5)17(23)20-10-8-14-7-6-9-19-12-14/h6-7,9,11-13H,8,10H2,1-5H3,(H,20,23). The van der Waals surface area contributed by atoms with Gasteiger partial charge in [0, 0.05) is 24.6 Å². The Morgan fingerprint density at radius 3 is 2.61 bits per heavy atom. The van der Waals surface area contributed by atoms with E-state index in [0.717, 1.165) is 17.7 Å². The number of amides is 1. The van der Waals surface area contributed by atoms with Gasteiger partial charge in [-0.05, 0) is 50.8 Å². The van der Waals surface area contributed by atoms with Gasteiger partial charge in [-0.15, -0.1) is 0 Å². The highest BCUT2D eigenvalue weighted by atomic mass is 16.1. The van der Waals surface area contributed by atoms with Crippen molar-refractivity contribution in [1.29, 1.82) is 0 Å². The second kappa shape index (κ2) is 6.94. The summed E-state index contributed by atoms with van der Waals surface area (Å²) in [5, 5.41) is 7.46. The number of nitrogens with zero attached hydrogens (tertiary/aromatic N) is 3. The highest BCUT2D eigenvalue weighted by Crippen LogP contribution is 2.23. The van der Waals surface area contributed by atoms with Crippen molar-refractivity contribution in [1.82, 2.24) is 20.1 Å². The van der Waals surface area contributed by atoms with Crippen molar-refractivity contribution in [2.24, 2.45) is 0 Å². The first-order chi connectivity index (χ1) is 10.8. The van der Waals surface area contributed by atoms with Crippen LogP contribution in [0.15, 0.2) is 30.6 Å². The summed E-state index contributed by atoms with van der Waals surface area (Å²) in [6, 6.07) is 5.80. The van der Waals surface area contributed by atoms with E-state index in [0.29, 0.717) is 18.2 Å². The maximum Gasteiger partial charge on any atom is 0.271 e. The second-order valence-electron chi connectivity index (χ2n) is 7.06. The third kappa shape index (κ3) is 4.41. The highest BCUT2D eigenvalue weighted by Gasteiger charge is 2.23. The molecule has 2 rings (SSSR count). The van der Waals surface area contributed by atoms with Crippen LogP contribution in [-0.2, 0) is 12.0 Å². The molecule has 0 saturated carbocycles. The molecule has 1 amide bonds. The van der Waals surface area contributed by atoms with E-state index in [1.807, 2.05) is 29.1 Å². The maximum atomic E-state index is 12.3. The summed E-state index contributed by atoms with van der Waals surface area (Å²) in [6.45, 7) is 11.1. The summed E-state index contributed by atoms with van der Waals surface area (Å²) in [4.78, 5) is 16.4. The first-order valence-electron chi connectivity index (χ1n) is 8.06. The minimum atomic E-state index is -0.145. The van der Waals surface area contributed by atoms with E-state index >= 15 is 0 Å². The summed E-state index contributed by atoms with van der Waals surface area (Å²) in [5.41, 5.74) is 2.52. The fraction of sp³-hybridized carbons (Fsp3) is 0.500. The number of pyridine rings is 1. The van der Waals surface area contributed by atoms with E-state index in [-0.39, 0.29) is 11.4 Å². The molecule has 0 atom stereocenters. The number of aromatic nitrogens is 3. The lowest BCUT2D eigenvalue weighted by Crippen LogP contribution is -2.28. The lowest BCUT2D eigenvalue weighted by atomic mass is 10.1. The summed E-state index contributed by atoms with van der Waals surface area (Å²) >= 11 is 0. The molecule has 23 heavy (non-hydrogen) atoms. The van der Waals surface area contributed by atoms with Crippen molar-refractivity contribution < 1.29 is 4.79 Å². The van der Waals surface area contributed by atoms with Crippen LogP contribution in [0.25, 0.3) is 0 Å². The fourth-order valence-electron chi connectivity index (χ4n) is 2.41. The van der Waals surface area contributed by atoms with Gasteiger partial charge in [-0.3, -0.25) is 14.5 Å². The average molecular weight is 314 g/mol. The molecule has 0 spiro atoms. The molecule has 5 nitrogen and oxygen atoms in total. The minimum Gasteiger partial charge on any atom is -0.350 e. The topological polar surface area (TPSA) is 59.8 Å². The summed E-state index contributed by atoms with van der Waals surface area (Å²) in [5.74, 6) is 0.192. The van der Waals surface area contributed by atoms with Crippen molar-refractivity contribution in [3.63, 3.8) is 0 Å². The van der Waals surface area contributed by atoms with Crippen molar-refractivity contribution in [2.75, 3.05) is 6.54 Å². The van der Waals surface area contributed by atoms with E-state index in [1.165, 1.54) is 0 Å². The normalized spacial score (nSPS) is 11.7.